The number of nitrogens with one attached hydrogen (secondary N) is 1. The van der Waals surface area contributed by atoms with Gasteiger partial charge in [-0.3, -0.25) is 4.79 Å². The number of halogens is 3. The van der Waals surface area contributed by atoms with Gasteiger partial charge in [0.05, 0.1) is 18.6 Å². The summed E-state index contributed by atoms with van der Waals surface area (Å²) in [6, 6.07) is 4.64. The number of carboxylic acids is 1. The molecule has 1 heterocycles. The molecule has 0 aliphatic carbocycles. The van der Waals surface area contributed by atoms with Gasteiger partial charge in [-0.05, 0) is 45.6 Å². The molecule has 2 aromatic rings. The van der Waals surface area contributed by atoms with Crippen molar-refractivity contribution in [3.63, 3.8) is 0 Å². The maximum atomic E-state index is 12.9. The van der Waals surface area contributed by atoms with Crippen LogP contribution in [-0.4, -0.2) is 16.2 Å². The molecule has 3 N–H and O–H groups in total. The van der Waals surface area contributed by atoms with E-state index in [1.807, 2.05) is 0 Å². The van der Waals surface area contributed by atoms with Crippen LogP contribution in [0.5, 0.6) is 0 Å². The van der Waals surface area contributed by atoms with Gasteiger partial charge >= 0.3 is 12.1 Å². The minimum Gasteiger partial charge on any atom is -0.481 e. The first-order valence-electron chi connectivity index (χ1n) is 7.07. The fourth-order valence-electron chi connectivity index (χ4n) is 2.32. The molecule has 0 saturated heterocycles. The van der Waals surface area contributed by atoms with Crippen molar-refractivity contribution >= 4 is 17.3 Å². The molecule has 0 amide bonds. The summed E-state index contributed by atoms with van der Waals surface area (Å²) in [6.07, 6.45) is -4.68. The van der Waals surface area contributed by atoms with Crippen molar-refractivity contribution in [2.24, 2.45) is 0 Å². The largest absolute Gasteiger partial charge is 0.481 e. The molecule has 0 fully saturated rings. The average Bonchev–Trinajstić information content (AvgIpc) is 3.04. The molecule has 1 unspecified atom stereocenters. The second-order valence-electron chi connectivity index (χ2n) is 5.28. The van der Waals surface area contributed by atoms with E-state index in [2.05, 4.69) is 5.32 Å². The van der Waals surface area contributed by atoms with Crippen LogP contribution in [0, 0.1) is 0 Å². The lowest BCUT2D eigenvalue weighted by Crippen LogP contribution is -2.23. The van der Waals surface area contributed by atoms with Gasteiger partial charge in [0, 0.05) is 12.6 Å². The Hall–Kier alpha value is -1.90. The summed E-state index contributed by atoms with van der Waals surface area (Å²) < 4.78 is 38.7. The fraction of sp³-hybridized carbons (Fsp3) is 0.312. The lowest BCUT2D eigenvalue weighted by Gasteiger charge is -2.17. The number of alkyl halides is 3. The standard InChI is InChI=1S/C16H16F3NO3S/c17-16(18,19)13-4-10(3-11(5-13)8-21)7-20-14(6-15(22)23)12-1-2-24-9-12/h1-5,9,14,20-21H,6-8H2,(H,22,23). The second kappa shape index (κ2) is 7.78. The number of aliphatic hydroxyl groups is 1. The Labute approximate surface area is 140 Å². The van der Waals surface area contributed by atoms with Crippen molar-refractivity contribution in [3.05, 3.63) is 57.3 Å². The summed E-state index contributed by atoms with van der Waals surface area (Å²) in [6.45, 7) is -0.440. The van der Waals surface area contributed by atoms with Gasteiger partial charge in [-0.15, -0.1) is 0 Å². The van der Waals surface area contributed by atoms with E-state index < -0.39 is 30.4 Å². The average molecular weight is 359 g/mol. The maximum Gasteiger partial charge on any atom is 0.416 e. The van der Waals surface area contributed by atoms with Crippen molar-refractivity contribution in [1.29, 1.82) is 0 Å². The third kappa shape index (κ3) is 5.05. The minimum atomic E-state index is -4.51. The number of rotatable bonds is 7. The second-order valence-corrected chi connectivity index (χ2v) is 6.06. The topological polar surface area (TPSA) is 69.6 Å². The van der Waals surface area contributed by atoms with Gasteiger partial charge in [-0.25, -0.2) is 0 Å². The summed E-state index contributed by atoms with van der Waals surface area (Å²) in [4.78, 5) is 11.0. The van der Waals surface area contributed by atoms with E-state index in [9.17, 15) is 18.0 Å². The molecule has 8 heteroatoms. The zero-order chi connectivity index (χ0) is 17.7. The van der Waals surface area contributed by atoms with Crippen molar-refractivity contribution in [3.8, 4) is 0 Å². The number of carbonyl (C=O) groups is 1. The van der Waals surface area contributed by atoms with E-state index in [4.69, 9.17) is 10.2 Å². The Morgan fingerprint density at radius 1 is 1.25 bits per heavy atom. The Kier molecular flexibility index (Phi) is 5.98. The summed E-state index contributed by atoms with van der Waals surface area (Å²) in [5, 5.41) is 24.7. The van der Waals surface area contributed by atoms with Crippen molar-refractivity contribution < 1.29 is 28.2 Å². The molecule has 0 bridgehead atoms. The smallest absolute Gasteiger partial charge is 0.416 e. The Morgan fingerprint density at radius 3 is 2.50 bits per heavy atom. The van der Waals surface area contributed by atoms with E-state index in [1.54, 1.807) is 16.8 Å². The number of aliphatic hydroxyl groups excluding tert-OH is 1. The van der Waals surface area contributed by atoms with Gasteiger partial charge in [-0.1, -0.05) is 6.07 Å². The number of carboxylic acid groups (broad SMARTS) is 1. The molecule has 0 saturated carbocycles. The van der Waals surface area contributed by atoms with Crippen LogP contribution in [0.3, 0.4) is 0 Å². The van der Waals surface area contributed by atoms with E-state index in [0.29, 0.717) is 5.56 Å². The van der Waals surface area contributed by atoms with Crippen LogP contribution >= 0.6 is 11.3 Å². The summed E-state index contributed by atoms with van der Waals surface area (Å²) in [5.41, 5.74) is 0.430. The molecule has 1 aromatic carbocycles. The zero-order valence-corrected chi connectivity index (χ0v) is 13.3. The van der Waals surface area contributed by atoms with Gasteiger partial charge in [0.1, 0.15) is 0 Å². The van der Waals surface area contributed by atoms with Gasteiger partial charge in [-0.2, -0.15) is 24.5 Å². The van der Waals surface area contributed by atoms with Crippen molar-refractivity contribution in [2.75, 3.05) is 0 Å². The number of thiophene rings is 1. The SMILES string of the molecule is O=C(O)CC(NCc1cc(CO)cc(C(F)(F)F)c1)c1ccsc1. The van der Waals surface area contributed by atoms with Crippen LogP contribution in [-0.2, 0) is 24.1 Å². The molecule has 1 atom stereocenters. The van der Waals surface area contributed by atoms with Crippen LogP contribution in [0.15, 0.2) is 35.0 Å². The van der Waals surface area contributed by atoms with Crippen molar-refractivity contribution in [2.45, 2.75) is 31.8 Å². The highest BCUT2D eigenvalue weighted by Crippen LogP contribution is 2.31. The highest BCUT2D eigenvalue weighted by molar-refractivity contribution is 7.07. The van der Waals surface area contributed by atoms with Crippen LogP contribution in [0.1, 0.15) is 34.7 Å². The normalized spacial score (nSPS) is 13.0. The first kappa shape index (κ1) is 18.4. The third-order valence-electron chi connectivity index (χ3n) is 3.44. The number of benzene rings is 1. The predicted molar refractivity (Wildman–Crippen MR) is 83.5 cm³/mol. The number of hydrogen-bond donors (Lipinski definition) is 3. The maximum absolute atomic E-state index is 12.9. The van der Waals surface area contributed by atoms with Gasteiger partial charge in [0.15, 0.2) is 0 Å². The van der Waals surface area contributed by atoms with E-state index >= 15 is 0 Å². The molecule has 2 rings (SSSR count). The lowest BCUT2D eigenvalue weighted by molar-refractivity contribution is -0.138. The first-order valence-corrected chi connectivity index (χ1v) is 8.02. The molecule has 0 aliphatic heterocycles. The van der Waals surface area contributed by atoms with E-state index in [1.165, 1.54) is 17.4 Å². The van der Waals surface area contributed by atoms with Crippen LogP contribution in [0.2, 0.25) is 0 Å². The Bertz CT molecular complexity index is 686. The number of hydrogen-bond acceptors (Lipinski definition) is 4. The van der Waals surface area contributed by atoms with Crippen LogP contribution in [0.25, 0.3) is 0 Å². The highest BCUT2D eigenvalue weighted by Gasteiger charge is 2.31. The van der Waals surface area contributed by atoms with Crippen molar-refractivity contribution in [1.82, 2.24) is 5.32 Å². The monoisotopic (exact) mass is 359 g/mol. The van der Waals surface area contributed by atoms with Crippen LogP contribution in [0.4, 0.5) is 13.2 Å². The summed E-state index contributed by atoms with van der Waals surface area (Å²) >= 11 is 1.41. The highest BCUT2D eigenvalue weighted by atomic mass is 32.1. The lowest BCUT2D eigenvalue weighted by atomic mass is 10.0. The molecular weight excluding hydrogens is 343 g/mol. The summed E-state index contributed by atoms with van der Waals surface area (Å²) in [5.74, 6) is -1.00. The van der Waals surface area contributed by atoms with E-state index in [0.717, 1.165) is 17.7 Å². The van der Waals surface area contributed by atoms with Gasteiger partial charge in [0.2, 0.25) is 0 Å². The quantitative estimate of drug-likeness (QED) is 0.707. The Morgan fingerprint density at radius 2 is 1.96 bits per heavy atom. The first-order chi connectivity index (χ1) is 11.3. The molecule has 130 valence electrons. The predicted octanol–water partition coefficient (Wildman–Crippen LogP) is 3.56. The molecule has 0 spiro atoms. The van der Waals surface area contributed by atoms with Gasteiger partial charge in [0.25, 0.3) is 0 Å². The minimum absolute atomic E-state index is 0.0602. The molecule has 24 heavy (non-hydrogen) atoms. The molecule has 4 nitrogen and oxygen atoms in total. The fourth-order valence-corrected chi connectivity index (χ4v) is 3.03. The number of aliphatic carboxylic acids is 1. The van der Waals surface area contributed by atoms with Gasteiger partial charge < -0.3 is 15.5 Å². The Balaban J connectivity index is 2.18. The van der Waals surface area contributed by atoms with Crippen LogP contribution < -0.4 is 5.32 Å². The summed E-state index contributed by atoms with van der Waals surface area (Å²) in [7, 11) is 0. The molecular formula is C16H16F3NO3S. The molecule has 0 aliphatic rings. The zero-order valence-electron chi connectivity index (χ0n) is 12.5. The molecule has 1 aromatic heterocycles. The van der Waals surface area contributed by atoms with E-state index in [-0.39, 0.29) is 18.5 Å². The molecule has 0 radical (unpaired) electrons. The third-order valence-corrected chi connectivity index (χ3v) is 4.14.